The summed E-state index contributed by atoms with van der Waals surface area (Å²) in [5.74, 6) is -0.0111. The molecular weight excluding hydrogens is 415 g/mol. The number of fused-ring (bicyclic) bond motifs is 1. The molecule has 33 heavy (non-hydrogen) atoms. The fourth-order valence-corrected chi connectivity index (χ4v) is 5.05. The molecule has 0 amide bonds. The maximum atomic E-state index is 14.2. The first kappa shape index (κ1) is 25.0. The van der Waals surface area contributed by atoms with Gasteiger partial charge in [0, 0.05) is 23.8 Å². The van der Waals surface area contributed by atoms with Crippen molar-refractivity contribution in [3.8, 4) is 11.1 Å². The van der Waals surface area contributed by atoms with E-state index < -0.39 is 5.82 Å². The van der Waals surface area contributed by atoms with Crippen molar-refractivity contribution in [3.63, 3.8) is 0 Å². The summed E-state index contributed by atoms with van der Waals surface area (Å²) < 4.78 is 16.4. The molecule has 0 aliphatic heterocycles. The van der Waals surface area contributed by atoms with Gasteiger partial charge in [-0.05, 0) is 69.3 Å². The average Bonchev–Trinajstić information content (AvgIpc) is 3.23. The minimum absolute atomic E-state index is 0.138. The molecule has 0 bridgehead atoms. The van der Waals surface area contributed by atoms with Crippen molar-refractivity contribution in [1.82, 2.24) is 19.4 Å². The summed E-state index contributed by atoms with van der Waals surface area (Å²) >= 11 is 0. The third-order valence-corrected chi connectivity index (χ3v) is 6.55. The van der Waals surface area contributed by atoms with Gasteiger partial charge in [0.05, 0.1) is 11.1 Å². The van der Waals surface area contributed by atoms with Gasteiger partial charge in [-0.1, -0.05) is 33.8 Å². The van der Waals surface area contributed by atoms with Gasteiger partial charge in [-0.15, -0.1) is 0 Å². The van der Waals surface area contributed by atoms with Gasteiger partial charge in [0.1, 0.15) is 23.6 Å². The highest BCUT2D eigenvalue weighted by atomic mass is 19.1. The van der Waals surface area contributed by atoms with Gasteiger partial charge in [0.25, 0.3) is 0 Å². The van der Waals surface area contributed by atoms with Crippen LogP contribution < -0.4 is 11.5 Å². The van der Waals surface area contributed by atoms with Crippen molar-refractivity contribution in [2.45, 2.75) is 78.3 Å². The second-order valence-electron chi connectivity index (χ2n) is 8.64. The van der Waals surface area contributed by atoms with Crippen molar-refractivity contribution in [2.24, 2.45) is 0 Å². The molecule has 1 fully saturated rings. The first-order valence-electron chi connectivity index (χ1n) is 12.4. The molecule has 1 aliphatic carbocycles. The molecule has 0 atom stereocenters. The molecule has 0 spiro atoms. The second-order valence-corrected chi connectivity index (χ2v) is 8.64. The van der Waals surface area contributed by atoms with Crippen LogP contribution in [0.15, 0.2) is 30.7 Å². The van der Waals surface area contributed by atoms with Crippen molar-refractivity contribution in [2.75, 3.05) is 24.6 Å². The smallest absolute Gasteiger partial charge is 0.146 e. The zero-order chi connectivity index (χ0) is 24.0. The Balaban J connectivity index is 0.00000149. The van der Waals surface area contributed by atoms with Crippen LogP contribution in [0.2, 0.25) is 0 Å². The fraction of sp³-hybridized carbons (Fsp3) is 0.538. The number of anilines is 2. The van der Waals surface area contributed by atoms with Crippen LogP contribution in [-0.4, -0.2) is 38.6 Å². The summed E-state index contributed by atoms with van der Waals surface area (Å²) in [4.78, 5) is 11.4. The second kappa shape index (κ2) is 11.5. The molecule has 2 aromatic heterocycles. The van der Waals surface area contributed by atoms with Crippen LogP contribution >= 0.6 is 0 Å². The Morgan fingerprint density at radius 2 is 1.70 bits per heavy atom. The predicted molar refractivity (Wildman–Crippen MR) is 137 cm³/mol. The summed E-state index contributed by atoms with van der Waals surface area (Å²) in [6.07, 6.45) is 10.5. The van der Waals surface area contributed by atoms with Crippen LogP contribution in [0.1, 0.15) is 72.3 Å². The van der Waals surface area contributed by atoms with Crippen molar-refractivity contribution in [3.05, 3.63) is 36.5 Å². The lowest BCUT2D eigenvalue weighted by molar-refractivity contribution is 0.138. The molecular formula is C26H39FN6. The number of halogens is 1. The van der Waals surface area contributed by atoms with E-state index in [0.29, 0.717) is 17.9 Å². The molecule has 180 valence electrons. The quantitative estimate of drug-likeness (QED) is 0.425. The largest absolute Gasteiger partial charge is 0.396 e. The summed E-state index contributed by atoms with van der Waals surface area (Å²) in [5, 5.41) is 0.785. The third-order valence-electron chi connectivity index (χ3n) is 6.55. The lowest BCUT2D eigenvalue weighted by Crippen LogP contribution is -2.39. The Morgan fingerprint density at radius 3 is 2.30 bits per heavy atom. The monoisotopic (exact) mass is 454 g/mol. The van der Waals surface area contributed by atoms with Crippen LogP contribution in [0.25, 0.3) is 22.2 Å². The fourth-order valence-electron chi connectivity index (χ4n) is 5.05. The van der Waals surface area contributed by atoms with E-state index in [2.05, 4.69) is 39.5 Å². The molecule has 3 aromatic rings. The highest BCUT2D eigenvalue weighted by molar-refractivity contribution is 6.00. The van der Waals surface area contributed by atoms with E-state index in [-0.39, 0.29) is 5.69 Å². The summed E-state index contributed by atoms with van der Waals surface area (Å²) in [6.45, 7) is 10.9. The molecule has 1 aliphatic rings. The number of benzene rings is 1. The van der Waals surface area contributed by atoms with Gasteiger partial charge in [-0.2, -0.15) is 0 Å². The van der Waals surface area contributed by atoms with Crippen LogP contribution in [0, 0.1) is 5.82 Å². The molecule has 1 aromatic carbocycles. The Hall–Kier alpha value is -2.67. The van der Waals surface area contributed by atoms with Crippen LogP contribution in [0.3, 0.4) is 0 Å². The van der Waals surface area contributed by atoms with Crippen molar-refractivity contribution in [1.29, 1.82) is 0 Å². The Kier molecular flexibility index (Phi) is 8.67. The van der Waals surface area contributed by atoms with E-state index in [1.54, 1.807) is 6.07 Å². The zero-order valence-corrected chi connectivity index (χ0v) is 20.5. The SMILES string of the molecule is CC.CCCN(CCC)C1CCC(n2cc(-c3ccc(N)c(F)c3)c3c(N)ncnc32)CC1. The molecule has 0 saturated heterocycles. The lowest BCUT2D eigenvalue weighted by atomic mass is 9.89. The normalized spacial score (nSPS) is 18.4. The molecule has 0 radical (unpaired) electrons. The first-order valence-corrected chi connectivity index (χ1v) is 12.4. The molecule has 7 heteroatoms. The van der Waals surface area contributed by atoms with Gasteiger partial charge in [0.15, 0.2) is 0 Å². The average molecular weight is 455 g/mol. The number of hydrogen-bond donors (Lipinski definition) is 2. The zero-order valence-electron chi connectivity index (χ0n) is 20.5. The maximum absolute atomic E-state index is 14.2. The van der Waals surface area contributed by atoms with Crippen LogP contribution in [-0.2, 0) is 0 Å². The predicted octanol–water partition coefficient (Wildman–Crippen LogP) is 6.03. The lowest BCUT2D eigenvalue weighted by Gasteiger charge is -2.37. The van der Waals surface area contributed by atoms with E-state index in [1.165, 1.54) is 51.2 Å². The molecule has 4 N–H and O–H groups in total. The third kappa shape index (κ3) is 5.29. The van der Waals surface area contributed by atoms with E-state index in [9.17, 15) is 4.39 Å². The van der Waals surface area contributed by atoms with E-state index in [1.807, 2.05) is 19.9 Å². The number of hydrogen-bond acceptors (Lipinski definition) is 5. The number of nitrogen functional groups attached to an aromatic ring is 2. The Morgan fingerprint density at radius 1 is 1.03 bits per heavy atom. The maximum Gasteiger partial charge on any atom is 0.146 e. The minimum Gasteiger partial charge on any atom is -0.396 e. The number of rotatable bonds is 7. The summed E-state index contributed by atoms with van der Waals surface area (Å²) in [5.41, 5.74) is 14.5. The molecule has 1 saturated carbocycles. The standard InChI is InChI=1S/C24H33FN6.C2H6/c1-3-11-30(12-4-2)17-6-8-18(9-7-17)31-14-19(16-5-10-21(26)20(25)13-16)22-23(27)28-15-29-24(22)31;1-2/h5,10,13-15,17-18H,3-4,6-9,11-12,26H2,1-2H3,(H2,27,28,29);1-2H3. The van der Waals surface area contributed by atoms with Gasteiger partial charge >= 0.3 is 0 Å². The first-order chi connectivity index (χ1) is 16.0. The topological polar surface area (TPSA) is 86.0 Å². The Bertz CT molecular complexity index is 1030. The molecule has 0 unspecified atom stereocenters. The summed E-state index contributed by atoms with van der Waals surface area (Å²) in [6, 6.07) is 5.89. The van der Waals surface area contributed by atoms with Crippen LogP contribution in [0.4, 0.5) is 15.9 Å². The minimum atomic E-state index is -0.429. The van der Waals surface area contributed by atoms with Gasteiger partial charge in [-0.3, -0.25) is 0 Å². The highest BCUT2D eigenvalue weighted by Gasteiger charge is 2.28. The molecule has 2 heterocycles. The number of nitrogens with two attached hydrogens (primary N) is 2. The van der Waals surface area contributed by atoms with Crippen molar-refractivity contribution < 1.29 is 4.39 Å². The molecule has 6 nitrogen and oxygen atoms in total. The molecule has 4 rings (SSSR count). The van der Waals surface area contributed by atoms with E-state index >= 15 is 0 Å². The van der Waals surface area contributed by atoms with Gasteiger partial charge in [-0.25, -0.2) is 14.4 Å². The van der Waals surface area contributed by atoms with E-state index in [4.69, 9.17) is 11.5 Å². The van der Waals surface area contributed by atoms with Crippen LogP contribution in [0.5, 0.6) is 0 Å². The Labute approximate surface area is 197 Å². The van der Waals surface area contributed by atoms with Gasteiger partial charge < -0.3 is 20.9 Å². The van der Waals surface area contributed by atoms with E-state index in [0.717, 1.165) is 35.0 Å². The highest BCUT2D eigenvalue weighted by Crippen LogP contribution is 2.39. The number of aromatic nitrogens is 3. The van der Waals surface area contributed by atoms with Crippen molar-refractivity contribution >= 4 is 22.5 Å². The number of nitrogens with zero attached hydrogens (tertiary/aromatic N) is 4. The summed E-state index contributed by atoms with van der Waals surface area (Å²) in [7, 11) is 0. The van der Waals surface area contributed by atoms with Gasteiger partial charge in [0.2, 0.25) is 0 Å².